The van der Waals surface area contributed by atoms with Crippen molar-refractivity contribution in [3.05, 3.63) is 33.3 Å². The first-order valence-electron chi connectivity index (χ1n) is 5.95. The average molecular weight is 320 g/mol. The minimum Gasteiger partial charge on any atom is -0.329 e. The highest BCUT2D eigenvalue weighted by Crippen LogP contribution is 2.27. The molecule has 0 aliphatic rings. The summed E-state index contributed by atoms with van der Waals surface area (Å²) in [5, 5.41) is 0.737. The molecule has 1 rings (SSSR count). The van der Waals surface area contributed by atoms with E-state index in [4.69, 9.17) is 17.3 Å². The number of nitrogens with two attached hydrogens (primary N) is 1. The summed E-state index contributed by atoms with van der Waals surface area (Å²) in [5.41, 5.74) is 7.09. The van der Waals surface area contributed by atoms with E-state index in [1.807, 2.05) is 12.1 Å². The van der Waals surface area contributed by atoms with Gasteiger partial charge in [-0.15, -0.1) is 0 Å². The SMILES string of the molecule is CCCCN(C)C(CN)c1ccc(Cl)c(Br)c1. The number of likely N-dealkylation sites (N-methyl/N-ethyl adjacent to an activating group) is 1. The molecule has 96 valence electrons. The Morgan fingerprint density at radius 2 is 2.18 bits per heavy atom. The van der Waals surface area contributed by atoms with Crippen molar-refractivity contribution in [1.82, 2.24) is 4.90 Å². The van der Waals surface area contributed by atoms with Gasteiger partial charge in [-0.3, -0.25) is 4.90 Å². The van der Waals surface area contributed by atoms with Crippen molar-refractivity contribution in [2.45, 2.75) is 25.8 Å². The summed E-state index contributed by atoms with van der Waals surface area (Å²) in [4.78, 5) is 2.30. The zero-order valence-electron chi connectivity index (χ0n) is 10.4. The summed E-state index contributed by atoms with van der Waals surface area (Å²) in [7, 11) is 2.12. The Kier molecular flexibility index (Phi) is 6.49. The number of hydrogen-bond acceptors (Lipinski definition) is 2. The molecule has 0 bridgehead atoms. The fourth-order valence-corrected chi connectivity index (χ4v) is 2.37. The maximum atomic E-state index is 6.00. The van der Waals surface area contributed by atoms with E-state index in [9.17, 15) is 0 Å². The van der Waals surface area contributed by atoms with Gasteiger partial charge in [0.25, 0.3) is 0 Å². The fourth-order valence-electron chi connectivity index (χ4n) is 1.85. The molecule has 1 aromatic carbocycles. The third kappa shape index (κ3) is 4.25. The third-order valence-electron chi connectivity index (χ3n) is 2.95. The van der Waals surface area contributed by atoms with Crippen molar-refractivity contribution < 1.29 is 0 Å². The second-order valence-corrected chi connectivity index (χ2v) is 5.52. The maximum absolute atomic E-state index is 6.00. The predicted molar refractivity (Wildman–Crippen MR) is 78.5 cm³/mol. The lowest BCUT2D eigenvalue weighted by atomic mass is 10.1. The summed E-state index contributed by atoms with van der Waals surface area (Å²) in [6.07, 6.45) is 2.40. The van der Waals surface area contributed by atoms with Gasteiger partial charge in [0, 0.05) is 17.1 Å². The third-order valence-corrected chi connectivity index (χ3v) is 4.16. The number of benzene rings is 1. The van der Waals surface area contributed by atoms with Gasteiger partial charge in [-0.1, -0.05) is 31.0 Å². The molecule has 0 saturated heterocycles. The molecule has 1 atom stereocenters. The van der Waals surface area contributed by atoms with E-state index in [0.29, 0.717) is 6.54 Å². The summed E-state index contributed by atoms with van der Waals surface area (Å²) in [6.45, 7) is 3.89. The first kappa shape index (κ1) is 15.0. The lowest BCUT2D eigenvalue weighted by Crippen LogP contribution is -2.31. The van der Waals surface area contributed by atoms with Crippen LogP contribution < -0.4 is 5.73 Å². The number of halogens is 2. The standard InChI is InChI=1S/C13H20BrClN2/c1-3-4-7-17(2)13(9-16)10-5-6-12(15)11(14)8-10/h5-6,8,13H,3-4,7,9,16H2,1-2H3. The van der Waals surface area contributed by atoms with E-state index in [0.717, 1.165) is 16.0 Å². The van der Waals surface area contributed by atoms with E-state index in [1.54, 1.807) is 0 Å². The quantitative estimate of drug-likeness (QED) is 0.863. The van der Waals surface area contributed by atoms with E-state index in [-0.39, 0.29) is 6.04 Å². The van der Waals surface area contributed by atoms with Crippen LogP contribution in [-0.2, 0) is 0 Å². The van der Waals surface area contributed by atoms with E-state index < -0.39 is 0 Å². The smallest absolute Gasteiger partial charge is 0.0548 e. The second-order valence-electron chi connectivity index (χ2n) is 4.26. The minimum absolute atomic E-state index is 0.259. The monoisotopic (exact) mass is 318 g/mol. The highest BCUT2D eigenvalue weighted by atomic mass is 79.9. The van der Waals surface area contributed by atoms with Crippen molar-refractivity contribution in [1.29, 1.82) is 0 Å². The molecule has 0 aliphatic heterocycles. The van der Waals surface area contributed by atoms with E-state index in [1.165, 1.54) is 18.4 Å². The summed E-state index contributed by atoms with van der Waals surface area (Å²) < 4.78 is 0.930. The highest BCUT2D eigenvalue weighted by Gasteiger charge is 2.15. The topological polar surface area (TPSA) is 29.3 Å². The molecule has 4 heteroatoms. The molecular weight excluding hydrogens is 300 g/mol. The number of nitrogens with zero attached hydrogens (tertiary/aromatic N) is 1. The zero-order chi connectivity index (χ0) is 12.8. The summed E-state index contributed by atoms with van der Waals surface area (Å²) >= 11 is 9.45. The van der Waals surface area contributed by atoms with Gasteiger partial charge >= 0.3 is 0 Å². The highest BCUT2D eigenvalue weighted by molar-refractivity contribution is 9.10. The van der Waals surface area contributed by atoms with Crippen LogP contribution >= 0.6 is 27.5 Å². The van der Waals surface area contributed by atoms with Crippen molar-refractivity contribution in [3.63, 3.8) is 0 Å². The number of unbranched alkanes of at least 4 members (excludes halogenated alkanes) is 1. The Balaban J connectivity index is 2.81. The van der Waals surface area contributed by atoms with Crippen molar-refractivity contribution in [2.24, 2.45) is 5.73 Å². The van der Waals surface area contributed by atoms with Gasteiger partial charge in [-0.05, 0) is 53.6 Å². The summed E-state index contributed by atoms with van der Waals surface area (Å²) in [6, 6.07) is 6.28. The molecule has 0 fully saturated rings. The Labute approximate surface area is 117 Å². The molecule has 0 saturated carbocycles. The predicted octanol–water partition coefficient (Wildman–Crippen LogP) is 3.83. The summed E-state index contributed by atoms with van der Waals surface area (Å²) in [5.74, 6) is 0. The Bertz CT molecular complexity index is 357. The van der Waals surface area contributed by atoms with Crippen LogP contribution in [0.2, 0.25) is 5.02 Å². The number of rotatable bonds is 6. The lowest BCUT2D eigenvalue weighted by Gasteiger charge is -2.27. The van der Waals surface area contributed by atoms with Crippen molar-refractivity contribution >= 4 is 27.5 Å². The molecule has 0 radical (unpaired) electrons. The normalized spacial score (nSPS) is 13.1. The molecule has 1 aromatic rings. The molecule has 0 aliphatic carbocycles. The first-order chi connectivity index (χ1) is 8.10. The van der Waals surface area contributed by atoms with Crippen molar-refractivity contribution in [3.8, 4) is 0 Å². The Morgan fingerprint density at radius 3 is 2.71 bits per heavy atom. The van der Waals surface area contributed by atoms with Crippen LogP contribution in [-0.4, -0.2) is 25.0 Å². The minimum atomic E-state index is 0.259. The van der Waals surface area contributed by atoms with Crippen LogP contribution in [0.4, 0.5) is 0 Å². The molecule has 1 unspecified atom stereocenters. The molecule has 2 nitrogen and oxygen atoms in total. The molecule has 0 spiro atoms. The van der Waals surface area contributed by atoms with Crippen molar-refractivity contribution in [2.75, 3.05) is 20.1 Å². The molecule has 17 heavy (non-hydrogen) atoms. The van der Waals surface area contributed by atoms with Crippen LogP contribution in [0.5, 0.6) is 0 Å². The van der Waals surface area contributed by atoms with Crippen LogP contribution in [0.25, 0.3) is 0 Å². The number of hydrogen-bond donors (Lipinski definition) is 1. The largest absolute Gasteiger partial charge is 0.329 e. The Morgan fingerprint density at radius 1 is 1.47 bits per heavy atom. The molecular formula is C13H20BrClN2. The van der Waals surface area contributed by atoms with Gasteiger partial charge in [-0.2, -0.15) is 0 Å². The Hall–Kier alpha value is -0.0900. The molecule has 0 heterocycles. The van der Waals surface area contributed by atoms with Gasteiger partial charge in [0.1, 0.15) is 0 Å². The van der Waals surface area contributed by atoms with Gasteiger partial charge in [0.05, 0.1) is 5.02 Å². The molecule has 0 aromatic heterocycles. The second kappa shape index (κ2) is 7.37. The van der Waals surface area contributed by atoms with Gasteiger partial charge in [-0.25, -0.2) is 0 Å². The van der Waals surface area contributed by atoms with Gasteiger partial charge < -0.3 is 5.73 Å². The van der Waals surface area contributed by atoms with Crippen LogP contribution in [0, 0.1) is 0 Å². The van der Waals surface area contributed by atoms with Crippen LogP contribution in [0.15, 0.2) is 22.7 Å². The van der Waals surface area contributed by atoms with Crippen LogP contribution in [0.3, 0.4) is 0 Å². The fraction of sp³-hybridized carbons (Fsp3) is 0.538. The zero-order valence-corrected chi connectivity index (χ0v) is 12.8. The average Bonchev–Trinajstić information content (AvgIpc) is 2.32. The van der Waals surface area contributed by atoms with Crippen LogP contribution in [0.1, 0.15) is 31.4 Å². The molecule has 0 amide bonds. The van der Waals surface area contributed by atoms with Gasteiger partial charge in [0.2, 0.25) is 0 Å². The molecule has 2 N–H and O–H groups in total. The van der Waals surface area contributed by atoms with E-state index >= 15 is 0 Å². The van der Waals surface area contributed by atoms with E-state index in [2.05, 4.69) is 40.9 Å². The lowest BCUT2D eigenvalue weighted by molar-refractivity contribution is 0.246. The first-order valence-corrected chi connectivity index (χ1v) is 7.12. The maximum Gasteiger partial charge on any atom is 0.0548 e. The van der Waals surface area contributed by atoms with Gasteiger partial charge in [0.15, 0.2) is 0 Å².